The lowest BCUT2D eigenvalue weighted by Gasteiger charge is -2.45. The van der Waals surface area contributed by atoms with Gasteiger partial charge >= 0.3 is 0 Å². The number of para-hydroxylation sites is 2. The molecule has 4 fully saturated rings. The van der Waals surface area contributed by atoms with Gasteiger partial charge in [-0.25, -0.2) is 4.98 Å². The first-order valence-electron chi connectivity index (χ1n) is 14.9. The van der Waals surface area contributed by atoms with Crippen molar-refractivity contribution in [2.75, 3.05) is 20.2 Å². The van der Waals surface area contributed by atoms with E-state index in [0.717, 1.165) is 18.4 Å². The number of piperidine rings is 1. The summed E-state index contributed by atoms with van der Waals surface area (Å²) < 4.78 is 12.9. The van der Waals surface area contributed by atoms with Crippen LogP contribution < -0.4 is 5.56 Å². The molecule has 3 aliphatic heterocycles. The third-order valence-electron chi connectivity index (χ3n) is 9.29. The molecular weight excluding hydrogens is 480 g/mol. The summed E-state index contributed by atoms with van der Waals surface area (Å²) >= 11 is 0. The predicted octanol–water partition coefficient (Wildman–Crippen LogP) is 4.51. The quantitative estimate of drug-likeness (QED) is 0.498. The Morgan fingerprint density at radius 1 is 1.00 bits per heavy atom. The Morgan fingerprint density at radius 2 is 1.68 bits per heavy atom. The van der Waals surface area contributed by atoms with Gasteiger partial charge in [0, 0.05) is 37.8 Å². The fourth-order valence-electron chi connectivity index (χ4n) is 7.48. The van der Waals surface area contributed by atoms with Crippen molar-refractivity contribution in [3.05, 3.63) is 40.3 Å². The molecule has 4 aliphatic rings. The minimum Gasteiger partial charge on any atom is -0.350 e. The van der Waals surface area contributed by atoms with Gasteiger partial charge in [0.1, 0.15) is 6.10 Å². The van der Waals surface area contributed by atoms with Crippen molar-refractivity contribution >= 4 is 16.9 Å². The van der Waals surface area contributed by atoms with Crippen LogP contribution in [-0.4, -0.2) is 76.0 Å². The molecule has 0 spiro atoms. The van der Waals surface area contributed by atoms with E-state index in [9.17, 15) is 9.59 Å². The molecule has 6 rings (SSSR count). The summed E-state index contributed by atoms with van der Waals surface area (Å²) in [6.45, 7) is 2.86. The molecule has 2 aromatic rings. The van der Waals surface area contributed by atoms with Crippen molar-refractivity contribution < 1.29 is 14.3 Å². The molecule has 8 nitrogen and oxygen atoms in total. The smallest absolute Gasteiger partial charge is 0.282 e. The first-order chi connectivity index (χ1) is 18.5. The predicted molar refractivity (Wildman–Crippen MR) is 146 cm³/mol. The van der Waals surface area contributed by atoms with Gasteiger partial charge in [0.2, 0.25) is 0 Å². The number of rotatable bonds is 7. The Bertz CT molecular complexity index is 1190. The first kappa shape index (κ1) is 26.0. The van der Waals surface area contributed by atoms with Crippen LogP contribution in [0.5, 0.6) is 0 Å². The van der Waals surface area contributed by atoms with Crippen molar-refractivity contribution in [3.8, 4) is 0 Å². The van der Waals surface area contributed by atoms with Crippen LogP contribution in [0.4, 0.5) is 0 Å². The highest BCUT2D eigenvalue weighted by Gasteiger charge is 2.45. The summed E-state index contributed by atoms with van der Waals surface area (Å²) in [4.78, 5) is 36.4. The molecule has 1 aliphatic carbocycles. The van der Waals surface area contributed by atoms with E-state index in [1.165, 1.54) is 57.8 Å². The van der Waals surface area contributed by atoms with E-state index in [1.807, 2.05) is 35.8 Å². The number of amides is 1. The second-order valence-electron chi connectivity index (χ2n) is 11.8. The van der Waals surface area contributed by atoms with Crippen molar-refractivity contribution in [1.82, 2.24) is 19.4 Å². The molecule has 38 heavy (non-hydrogen) atoms. The molecule has 1 saturated carbocycles. The normalized spacial score (nSPS) is 30.2. The van der Waals surface area contributed by atoms with E-state index in [0.29, 0.717) is 36.8 Å². The summed E-state index contributed by atoms with van der Waals surface area (Å²) in [6, 6.07) is 9.60. The summed E-state index contributed by atoms with van der Waals surface area (Å²) in [5, 5.41) is 0. The molecule has 1 aromatic carbocycles. The van der Waals surface area contributed by atoms with Gasteiger partial charge < -0.3 is 18.9 Å². The average Bonchev–Trinajstić information content (AvgIpc) is 3.57. The van der Waals surface area contributed by atoms with Crippen LogP contribution in [0.2, 0.25) is 0 Å². The van der Waals surface area contributed by atoms with E-state index >= 15 is 0 Å². The minimum atomic E-state index is -0.352. The minimum absolute atomic E-state index is 0.00889. The molecule has 5 atom stereocenters. The zero-order valence-electron chi connectivity index (χ0n) is 22.9. The number of hydrogen-bond acceptors (Lipinski definition) is 6. The van der Waals surface area contributed by atoms with Gasteiger partial charge in [0.25, 0.3) is 11.5 Å². The number of benzene rings is 1. The third kappa shape index (κ3) is 5.03. The Hall–Kier alpha value is -2.29. The highest BCUT2D eigenvalue weighted by atomic mass is 16.8. The number of epoxide rings is 1. The van der Waals surface area contributed by atoms with Crippen molar-refractivity contribution in [2.24, 2.45) is 0 Å². The Balaban J connectivity index is 1.26. The molecule has 4 heterocycles. The summed E-state index contributed by atoms with van der Waals surface area (Å²) in [7, 11) is 1.71. The van der Waals surface area contributed by atoms with E-state index in [1.54, 1.807) is 11.9 Å². The zero-order chi connectivity index (χ0) is 26.2. The van der Waals surface area contributed by atoms with Crippen LogP contribution >= 0.6 is 0 Å². The maximum absolute atomic E-state index is 14.0. The molecule has 1 amide bonds. The molecule has 1 aromatic heterocycles. The zero-order valence-corrected chi connectivity index (χ0v) is 22.9. The van der Waals surface area contributed by atoms with Gasteiger partial charge in [-0.3, -0.25) is 14.5 Å². The topological polar surface area (TPSA) is 80.2 Å². The SMILES string of the molecule is CCOC1OC1CN(C)C(=O)c1nc2ccccc2n([C@H]2C[C@H]3CC[C@@H](C2)N3C2CCCCCCC2)c1=O. The largest absolute Gasteiger partial charge is 0.350 e. The molecule has 2 unspecified atom stereocenters. The van der Waals surface area contributed by atoms with Crippen molar-refractivity contribution in [2.45, 2.75) is 114 Å². The first-order valence-corrected chi connectivity index (χ1v) is 14.9. The van der Waals surface area contributed by atoms with Crippen molar-refractivity contribution in [1.29, 1.82) is 0 Å². The number of ether oxygens (including phenoxy) is 2. The Kier molecular flexibility index (Phi) is 7.56. The molecule has 2 bridgehead atoms. The van der Waals surface area contributed by atoms with Crippen LogP contribution in [0.15, 0.2) is 29.1 Å². The Morgan fingerprint density at radius 3 is 2.39 bits per heavy atom. The van der Waals surface area contributed by atoms with E-state index in [4.69, 9.17) is 9.47 Å². The fourth-order valence-corrected chi connectivity index (χ4v) is 7.48. The highest BCUT2D eigenvalue weighted by Crippen LogP contribution is 2.44. The number of carbonyl (C=O) groups excluding carboxylic acids is 1. The maximum Gasteiger partial charge on any atom is 0.282 e. The van der Waals surface area contributed by atoms with E-state index in [-0.39, 0.29) is 35.6 Å². The van der Waals surface area contributed by atoms with E-state index < -0.39 is 0 Å². The summed E-state index contributed by atoms with van der Waals surface area (Å²) in [5.74, 6) is -0.352. The lowest BCUT2D eigenvalue weighted by Crippen LogP contribution is -2.50. The van der Waals surface area contributed by atoms with Gasteiger partial charge in [-0.15, -0.1) is 0 Å². The fraction of sp³-hybridized carbons (Fsp3) is 0.700. The number of fused-ring (bicyclic) bond motifs is 3. The second kappa shape index (κ2) is 11.1. The number of nitrogens with zero attached hydrogens (tertiary/aromatic N) is 4. The third-order valence-corrected chi connectivity index (χ3v) is 9.29. The second-order valence-corrected chi connectivity index (χ2v) is 11.8. The lowest BCUT2D eigenvalue weighted by molar-refractivity contribution is 0.0496. The lowest BCUT2D eigenvalue weighted by atomic mass is 9.89. The van der Waals surface area contributed by atoms with Gasteiger partial charge in [-0.2, -0.15) is 0 Å². The highest BCUT2D eigenvalue weighted by molar-refractivity contribution is 5.93. The molecule has 3 saturated heterocycles. The van der Waals surface area contributed by atoms with Gasteiger partial charge in [-0.1, -0.05) is 44.2 Å². The molecule has 0 radical (unpaired) electrons. The van der Waals surface area contributed by atoms with Crippen LogP contribution in [0.3, 0.4) is 0 Å². The molecular formula is C30H42N4O4. The van der Waals surface area contributed by atoms with Crippen LogP contribution in [-0.2, 0) is 9.47 Å². The van der Waals surface area contributed by atoms with Gasteiger partial charge in [0.15, 0.2) is 12.0 Å². The number of carbonyl (C=O) groups is 1. The Labute approximate surface area is 225 Å². The van der Waals surface area contributed by atoms with Crippen LogP contribution in [0.1, 0.15) is 94.1 Å². The summed E-state index contributed by atoms with van der Waals surface area (Å²) in [5.41, 5.74) is 1.29. The standard InChI is InChI=1S/C30H42N4O4/c1-3-37-30-26(38-30)19-32(2)28(35)27-29(36)34(25-14-10-9-13-24(25)31-27)23-17-21-15-16-22(18-23)33(21)20-11-7-5-4-6-8-12-20/h9-10,13-14,20-23,26,30H,3-8,11-12,15-19H2,1-2H3/t21-,22+,23+,26?,30?. The molecule has 0 N–H and O–H groups in total. The van der Waals surface area contributed by atoms with Crippen LogP contribution in [0.25, 0.3) is 11.0 Å². The number of hydrogen-bond donors (Lipinski definition) is 0. The average molecular weight is 523 g/mol. The van der Waals surface area contributed by atoms with Crippen LogP contribution in [0, 0.1) is 0 Å². The monoisotopic (exact) mass is 522 g/mol. The maximum atomic E-state index is 14.0. The number of likely N-dealkylation sites (N-methyl/N-ethyl adjacent to an activating group) is 1. The number of aromatic nitrogens is 2. The molecule has 206 valence electrons. The van der Waals surface area contributed by atoms with Gasteiger partial charge in [-0.05, 0) is 57.6 Å². The van der Waals surface area contributed by atoms with E-state index in [2.05, 4.69) is 9.88 Å². The van der Waals surface area contributed by atoms with Crippen molar-refractivity contribution in [3.63, 3.8) is 0 Å². The van der Waals surface area contributed by atoms with Gasteiger partial charge in [0.05, 0.1) is 17.6 Å². The molecule has 8 heteroatoms. The summed E-state index contributed by atoms with van der Waals surface area (Å²) in [6.07, 6.45) is 13.4.